The third-order valence-corrected chi connectivity index (χ3v) is 3.17. The highest BCUT2D eigenvalue weighted by Gasteiger charge is 2.15. The Kier molecular flexibility index (Phi) is 10.4. The molecule has 3 heteroatoms. The van der Waals surface area contributed by atoms with Crippen molar-refractivity contribution in [1.29, 1.82) is 0 Å². The van der Waals surface area contributed by atoms with Crippen LogP contribution in [-0.2, 0) is 4.79 Å². The number of hydrogen-bond donors (Lipinski definition) is 1. The zero-order valence-corrected chi connectivity index (χ0v) is 11.3. The lowest BCUT2D eigenvalue weighted by Gasteiger charge is -2.09. The van der Waals surface area contributed by atoms with Crippen LogP contribution in [0.4, 0.5) is 0 Å². The zero-order chi connectivity index (χ0) is 11.5. The summed E-state index contributed by atoms with van der Waals surface area (Å²) in [5, 5.41) is 9.72. The van der Waals surface area contributed by atoms with E-state index in [0.29, 0.717) is 0 Å². The highest BCUT2D eigenvalue weighted by atomic mass is 79.9. The maximum Gasteiger partial charge on any atom is 0.306 e. The Hall–Kier alpha value is -0.0500. The third kappa shape index (κ3) is 8.91. The second-order valence-electron chi connectivity index (χ2n) is 4.07. The van der Waals surface area contributed by atoms with Gasteiger partial charge in [-0.3, -0.25) is 4.79 Å². The van der Waals surface area contributed by atoms with Crippen LogP contribution in [0.25, 0.3) is 0 Å². The van der Waals surface area contributed by atoms with E-state index in [1.54, 1.807) is 0 Å². The number of aliphatic carboxylic acids is 1. The van der Waals surface area contributed by atoms with Gasteiger partial charge in [0.05, 0.1) is 5.92 Å². The molecule has 0 fully saturated rings. The number of hydrogen-bond acceptors (Lipinski definition) is 1. The first-order valence-electron chi connectivity index (χ1n) is 6.01. The largest absolute Gasteiger partial charge is 0.481 e. The first-order valence-corrected chi connectivity index (χ1v) is 7.13. The van der Waals surface area contributed by atoms with Crippen LogP contribution in [0.2, 0.25) is 0 Å². The van der Waals surface area contributed by atoms with E-state index < -0.39 is 5.97 Å². The summed E-state index contributed by atoms with van der Waals surface area (Å²) in [6.45, 7) is 2.20. The number of rotatable bonds is 10. The molecule has 0 aliphatic heterocycles. The molecule has 1 unspecified atom stereocenters. The molecule has 0 heterocycles. The van der Waals surface area contributed by atoms with Gasteiger partial charge >= 0.3 is 5.97 Å². The maximum atomic E-state index is 10.8. The molecule has 0 aromatic heterocycles. The van der Waals surface area contributed by atoms with Gasteiger partial charge in [0.25, 0.3) is 0 Å². The molecule has 0 saturated heterocycles. The summed E-state index contributed by atoms with van der Waals surface area (Å²) in [4.78, 5) is 10.8. The molecule has 0 aromatic rings. The highest BCUT2D eigenvalue weighted by molar-refractivity contribution is 9.09. The summed E-state index contributed by atoms with van der Waals surface area (Å²) in [6.07, 6.45) is 8.98. The SMILES string of the molecule is CCCCCCCCC(CCBr)C(=O)O. The summed E-state index contributed by atoms with van der Waals surface area (Å²) in [5.74, 6) is -0.779. The van der Waals surface area contributed by atoms with Crippen LogP contribution >= 0.6 is 15.9 Å². The predicted molar refractivity (Wildman–Crippen MR) is 67.5 cm³/mol. The van der Waals surface area contributed by atoms with Gasteiger partial charge in [-0.25, -0.2) is 0 Å². The van der Waals surface area contributed by atoms with E-state index in [2.05, 4.69) is 22.9 Å². The van der Waals surface area contributed by atoms with Gasteiger partial charge < -0.3 is 5.11 Å². The summed E-state index contributed by atoms with van der Waals surface area (Å²) < 4.78 is 0. The first kappa shape index (κ1) is 14.9. The van der Waals surface area contributed by atoms with Gasteiger partial charge in [-0.15, -0.1) is 0 Å². The Morgan fingerprint density at radius 2 is 1.73 bits per heavy atom. The van der Waals surface area contributed by atoms with Crippen molar-refractivity contribution in [2.24, 2.45) is 5.92 Å². The summed E-state index contributed by atoms with van der Waals surface area (Å²) in [5.41, 5.74) is 0. The van der Waals surface area contributed by atoms with Crippen molar-refractivity contribution in [3.8, 4) is 0 Å². The average molecular weight is 279 g/mol. The monoisotopic (exact) mass is 278 g/mol. The van der Waals surface area contributed by atoms with E-state index >= 15 is 0 Å². The Balaban J connectivity index is 3.41. The molecule has 1 atom stereocenters. The maximum absolute atomic E-state index is 10.8. The van der Waals surface area contributed by atoms with Crippen molar-refractivity contribution in [2.75, 3.05) is 5.33 Å². The van der Waals surface area contributed by atoms with Crippen LogP contribution in [-0.4, -0.2) is 16.4 Å². The molecule has 0 amide bonds. The third-order valence-electron chi connectivity index (χ3n) is 2.71. The van der Waals surface area contributed by atoms with Crippen LogP contribution < -0.4 is 0 Å². The fraction of sp³-hybridized carbons (Fsp3) is 0.917. The smallest absolute Gasteiger partial charge is 0.306 e. The molecule has 0 aliphatic carbocycles. The standard InChI is InChI=1S/C12H23BrO2/c1-2-3-4-5-6-7-8-11(9-10-13)12(14)15/h11H,2-10H2,1H3,(H,14,15). The van der Waals surface area contributed by atoms with Gasteiger partial charge in [-0.1, -0.05) is 61.4 Å². The lowest BCUT2D eigenvalue weighted by Crippen LogP contribution is -2.14. The van der Waals surface area contributed by atoms with Crippen LogP contribution in [0.1, 0.15) is 58.3 Å². The van der Waals surface area contributed by atoms with Gasteiger partial charge in [0.2, 0.25) is 0 Å². The highest BCUT2D eigenvalue weighted by Crippen LogP contribution is 2.16. The molecule has 0 spiro atoms. The van der Waals surface area contributed by atoms with Crippen molar-refractivity contribution in [1.82, 2.24) is 0 Å². The van der Waals surface area contributed by atoms with Crippen molar-refractivity contribution in [3.05, 3.63) is 0 Å². The molecule has 0 aliphatic rings. The van der Waals surface area contributed by atoms with Gasteiger partial charge in [0.15, 0.2) is 0 Å². The summed E-state index contributed by atoms with van der Waals surface area (Å²) >= 11 is 3.30. The van der Waals surface area contributed by atoms with Crippen LogP contribution in [0.15, 0.2) is 0 Å². The van der Waals surface area contributed by atoms with Gasteiger partial charge in [0.1, 0.15) is 0 Å². The Labute approximate surface area is 102 Å². The number of carboxylic acids is 1. The molecule has 0 bridgehead atoms. The summed E-state index contributed by atoms with van der Waals surface area (Å²) in [6, 6.07) is 0. The Bertz CT molecular complexity index is 160. The number of carbonyl (C=O) groups is 1. The molecular weight excluding hydrogens is 256 g/mol. The van der Waals surface area contributed by atoms with Crippen molar-refractivity contribution >= 4 is 21.9 Å². The predicted octanol–water partition coefficient (Wildman–Crippen LogP) is 4.22. The zero-order valence-electron chi connectivity index (χ0n) is 9.67. The number of alkyl halides is 1. The van der Waals surface area contributed by atoms with E-state index in [1.165, 1.54) is 32.1 Å². The van der Waals surface area contributed by atoms with Gasteiger partial charge in [-0.05, 0) is 12.8 Å². The van der Waals surface area contributed by atoms with Gasteiger partial charge in [0, 0.05) is 5.33 Å². The second-order valence-corrected chi connectivity index (χ2v) is 4.86. The van der Waals surface area contributed by atoms with Crippen molar-refractivity contribution < 1.29 is 9.90 Å². The lowest BCUT2D eigenvalue weighted by atomic mass is 9.98. The van der Waals surface area contributed by atoms with E-state index in [-0.39, 0.29) is 5.92 Å². The number of unbranched alkanes of at least 4 members (excludes halogenated alkanes) is 5. The number of halogens is 1. The molecule has 0 rings (SSSR count). The lowest BCUT2D eigenvalue weighted by molar-refractivity contribution is -0.142. The van der Waals surface area contributed by atoms with Crippen LogP contribution in [0, 0.1) is 5.92 Å². The fourth-order valence-electron chi connectivity index (χ4n) is 1.69. The minimum Gasteiger partial charge on any atom is -0.481 e. The minimum atomic E-state index is -0.636. The Morgan fingerprint density at radius 1 is 1.13 bits per heavy atom. The number of carboxylic acid groups (broad SMARTS) is 1. The normalized spacial score (nSPS) is 12.7. The van der Waals surface area contributed by atoms with Gasteiger partial charge in [-0.2, -0.15) is 0 Å². The van der Waals surface area contributed by atoms with Crippen molar-refractivity contribution in [3.63, 3.8) is 0 Å². The molecule has 0 saturated carbocycles. The molecule has 15 heavy (non-hydrogen) atoms. The van der Waals surface area contributed by atoms with E-state index in [1.807, 2.05) is 0 Å². The van der Waals surface area contributed by atoms with Crippen LogP contribution in [0.3, 0.4) is 0 Å². The second kappa shape index (κ2) is 10.5. The molecule has 90 valence electrons. The topological polar surface area (TPSA) is 37.3 Å². The Morgan fingerprint density at radius 3 is 2.27 bits per heavy atom. The summed E-state index contributed by atoms with van der Waals surface area (Å²) in [7, 11) is 0. The van der Waals surface area contributed by atoms with Crippen LogP contribution in [0.5, 0.6) is 0 Å². The fourth-order valence-corrected chi connectivity index (χ4v) is 2.25. The van der Waals surface area contributed by atoms with Crippen molar-refractivity contribution in [2.45, 2.75) is 58.3 Å². The molecule has 0 aromatic carbocycles. The van der Waals surface area contributed by atoms with E-state index in [9.17, 15) is 4.79 Å². The quantitative estimate of drug-likeness (QED) is 0.480. The van der Waals surface area contributed by atoms with E-state index in [0.717, 1.165) is 24.6 Å². The molecular formula is C12H23BrO2. The minimum absolute atomic E-state index is 0.143. The average Bonchev–Trinajstić information content (AvgIpc) is 2.21. The first-order chi connectivity index (χ1) is 7.22. The molecule has 0 radical (unpaired) electrons. The molecule has 1 N–H and O–H groups in total. The van der Waals surface area contributed by atoms with E-state index in [4.69, 9.17) is 5.11 Å². The molecule has 2 nitrogen and oxygen atoms in total.